The van der Waals surface area contributed by atoms with Gasteiger partial charge in [-0.05, 0) is 44.9 Å². The molecule has 1 unspecified atom stereocenters. The van der Waals surface area contributed by atoms with Crippen LogP contribution >= 0.6 is 0 Å². The molecule has 1 spiro atoms. The highest BCUT2D eigenvalue weighted by molar-refractivity contribution is 4.96. The quantitative estimate of drug-likeness (QED) is 0.777. The van der Waals surface area contributed by atoms with Crippen molar-refractivity contribution in [1.29, 1.82) is 0 Å². The summed E-state index contributed by atoms with van der Waals surface area (Å²) < 4.78 is 5.98. The van der Waals surface area contributed by atoms with Gasteiger partial charge in [-0.2, -0.15) is 0 Å². The van der Waals surface area contributed by atoms with Gasteiger partial charge in [-0.1, -0.05) is 19.3 Å². The van der Waals surface area contributed by atoms with Crippen LogP contribution in [0.25, 0.3) is 0 Å². The summed E-state index contributed by atoms with van der Waals surface area (Å²) in [5, 5.41) is 3.90. The highest BCUT2D eigenvalue weighted by Gasteiger charge is 2.42. The van der Waals surface area contributed by atoms with E-state index < -0.39 is 0 Å². The van der Waals surface area contributed by atoms with Gasteiger partial charge in [0, 0.05) is 18.7 Å². The summed E-state index contributed by atoms with van der Waals surface area (Å²) in [6, 6.07) is 1.56. The second-order valence-electron chi connectivity index (χ2n) is 6.08. The lowest BCUT2D eigenvalue weighted by Gasteiger charge is -2.48. The molecule has 0 amide bonds. The molecule has 0 radical (unpaired) electrons. The molecule has 3 fully saturated rings. The van der Waals surface area contributed by atoms with Gasteiger partial charge in [-0.25, -0.2) is 0 Å². The molecule has 1 heterocycles. The maximum absolute atomic E-state index is 5.98. The van der Waals surface area contributed by atoms with Crippen LogP contribution in [0.1, 0.15) is 64.2 Å². The van der Waals surface area contributed by atoms with Crippen LogP contribution in [-0.4, -0.2) is 24.3 Å². The molecule has 16 heavy (non-hydrogen) atoms. The van der Waals surface area contributed by atoms with Crippen LogP contribution in [0.3, 0.4) is 0 Å². The Morgan fingerprint density at radius 3 is 2.38 bits per heavy atom. The van der Waals surface area contributed by atoms with Gasteiger partial charge in [0.15, 0.2) is 0 Å². The SMILES string of the molecule is C1CCC(NC2CCOC3(CCC3)C2)CC1. The Hall–Kier alpha value is -0.0800. The van der Waals surface area contributed by atoms with Gasteiger partial charge in [-0.15, -0.1) is 0 Å². The molecule has 2 saturated carbocycles. The second-order valence-corrected chi connectivity index (χ2v) is 6.08. The molecule has 0 aromatic heterocycles. The van der Waals surface area contributed by atoms with E-state index in [9.17, 15) is 0 Å². The molecule has 1 atom stereocenters. The van der Waals surface area contributed by atoms with Crippen LogP contribution in [-0.2, 0) is 4.74 Å². The van der Waals surface area contributed by atoms with Crippen molar-refractivity contribution in [3.05, 3.63) is 0 Å². The zero-order chi connectivity index (χ0) is 10.8. The lowest BCUT2D eigenvalue weighted by atomic mass is 9.73. The average Bonchev–Trinajstić information content (AvgIpc) is 2.29. The normalized spacial score (nSPS) is 34.9. The van der Waals surface area contributed by atoms with E-state index in [1.54, 1.807) is 0 Å². The van der Waals surface area contributed by atoms with Gasteiger partial charge in [0.1, 0.15) is 0 Å². The molecule has 2 nitrogen and oxygen atoms in total. The third-order valence-corrected chi connectivity index (χ3v) is 4.83. The predicted molar refractivity (Wildman–Crippen MR) is 65.6 cm³/mol. The van der Waals surface area contributed by atoms with E-state index in [2.05, 4.69) is 5.32 Å². The van der Waals surface area contributed by atoms with Gasteiger partial charge >= 0.3 is 0 Å². The summed E-state index contributed by atoms with van der Waals surface area (Å²) in [6.07, 6.45) is 13.7. The average molecular weight is 223 g/mol. The van der Waals surface area contributed by atoms with E-state index in [4.69, 9.17) is 4.74 Å². The summed E-state index contributed by atoms with van der Waals surface area (Å²) in [5.41, 5.74) is 0.310. The fourth-order valence-corrected chi connectivity index (χ4v) is 3.69. The van der Waals surface area contributed by atoms with Crippen LogP contribution < -0.4 is 5.32 Å². The Labute approximate surface area is 99.1 Å². The zero-order valence-corrected chi connectivity index (χ0v) is 10.3. The molecule has 2 heteroatoms. The summed E-state index contributed by atoms with van der Waals surface area (Å²) >= 11 is 0. The Balaban J connectivity index is 1.50. The summed E-state index contributed by atoms with van der Waals surface area (Å²) in [6.45, 7) is 0.990. The van der Waals surface area contributed by atoms with E-state index in [1.165, 1.54) is 64.2 Å². The molecular weight excluding hydrogens is 198 g/mol. The number of nitrogens with one attached hydrogen (secondary N) is 1. The Morgan fingerprint density at radius 1 is 0.875 bits per heavy atom. The largest absolute Gasteiger partial charge is 0.375 e. The summed E-state index contributed by atoms with van der Waals surface area (Å²) in [4.78, 5) is 0. The Bertz CT molecular complexity index is 231. The molecule has 0 aromatic rings. The first-order valence-electron chi connectivity index (χ1n) is 7.26. The van der Waals surface area contributed by atoms with Gasteiger partial charge in [0.25, 0.3) is 0 Å². The van der Waals surface area contributed by atoms with Crippen molar-refractivity contribution in [2.75, 3.05) is 6.61 Å². The van der Waals surface area contributed by atoms with Gasteiger partial charge in [0.05, 0.1) is 5.60 Å². The maximum Gasteiger partial charge on any atom is 0.0697 e. The smallest absolute Gasteiger partial charge is 0.0697 e. The monoisotopic (exact) mass is 223 g/mol. The molecule has 3 aliphatic rings. The van der Waals surface area contributed by atoms with Crippen LogP contribution in [0.4, 0.5) is 0 Å². The first-order valence-corrected chi connectivity index (χ1v) is 7.26. The maximum atomic E-state index is 5.98. The van der Waals surface area contributed by atoms with Gasteiger partial charge in [-0.3, -0.25) is 0 Å². The third-order valence-electron chi connectivity index (χ3n) is 4.83. The Morgan fingerprint density at radius 2 is 1.69 bits per heavy atom. The summed E-state index contributed by atoms with van der Waals surface area (Å²) in [7, 11) is 0. The summed E-state index contributed by atoms with van der Waals surface area (Å²) in [5.74, 6) is 0. The van der Waals surface area contributed by atoms with E-state index in [-0.39, 0.29) is 0 Å². The van der Waals surface area contributed by atoms with Crippen molar-refractivity contribution in [2.24, 2.45) is 0 Å². The van der Waals surface area contributed by atoms with E-state index in [1.807, 2.05) is 0 Å². The van der Waals surface area contributed by atoms with Gasteiger partial charge in [0.2, 0.25) is 0 Å². The van der Waals surface area contributed by atoms with Crippen molar-refractivity contribution in [1.82, 2.24) is 5.32 Å². The molecule has 3 rings (SSSR count). The predicted octanol–water partition coefficient (Wildman–Crippen LogP) is 3.01. The fraction of sp³-hybridized carbons (Fsp3) is 1.00. The van der Waals surface area contributed by atoms with Crippen molar-refractivity contribution < 1.29 is 4.74 Å². The molecule has 0 bridgehead atoms. The van der Waals surface area contributed by atoms with Crippen LogP contribution in [0.2, 0.25) is 0 Å². The Kier molecular flexibility index (Phi) is 3.21. The highest BCUT2D eigenvalue weighted by atomic mass is 16.5. The van der Waals surface area contributed by atoms with Crippen molar-refractivity contribution in [3.8, 4) is 0 Å². The molecule has 1 aliphatic heterocycles. The van der Waals surface area contributed by atoms with Crippen molar-refractivity contribution in [2.45, 2.75) is 81.9 Å². The molecule has 2 aliphatic carbocycles. The van der Waals surface area contributed by atoms with Crippen molar-refractivity contribution in [3.63, 3.8) is 0 Å². The zero-order valence-electron chi connectivity index (χ0n) is 10.3. The number of hydrogen-bond acceptors (Lipinski definition) is 2. The lowest BCUT2D eigenvalue weighted by Crippen LogP contribution is -2.53. The van der Waals surface area contributed by atoms with E-state index in [0.29, 0.717) is 5.60 Å². The molecular formula is C14H25NO. The third kappa shape index (κ3) is 2.28. The number of rotatable bonds is 2. The van der Waals surface area contributed by atoms with E-state index in [0.717, 1.165) is 18.7 Å². The van der Waals surface area contributed by atoms with Crippen LogP contribution in [0, 0.1) is 0 Å². The standard InChI is InChI=1S/C14H25NO/c1-2-5-12(6-3-1)15-13-7-10-16-14(11-13)8-4-9-14/h12-13,15H,1-11H2. The van der Waals surface area contributed by atoms with Gasteiger partial charge < -0.3 is 10.1 Å². The molecule has 1 N–H and O–H groups in total. The highest BCUT2D eigenvalue weighted by Crippen LogP contribution is 2.42. The minimum atomic E-state index is 0.310. The van der Waals surface area contributed by atoms with Crippen LogP contribution in [0.15, 0.2) is 0 Å². The molecule has 92 valence electrons. The fourth-order valence-electron chi connectivity index (χ4n) is 3.69. The minimum absolute atomic E-state index is 0.310. The molecule has 1 saturated heterocycles. The number of hydrogen-bond donors (Lipinski definition) is 1. The first kappa shape index (κ1) is 11.0. The van der Waals surface area contributed by atoms with Crippen LogP contribution in [0.5, 0.6) is 0 Å². The molecule has 0 aromatic carbocycles. The second kappa shape index (κ2) is 4.66. The number of ether oxygens (including phenoxy) is 1. The topological polar surface area (TPSA) is 21.3 Å². The lowest BCUT2D eigenvalue weighted by molar-refractivity contribution is -0.136. The van der Waals surface area contributed by atoms with Crippen molar-refractivity contribution >= 4 is 0 Å². The van der Waals surface area contributed by atoms with E-state index >= 15 is 0 Å². The first-order chi connectivity index (χ1) is 7.86. The minimum Gasteiger partial charge on any atom is -0.375 e.